The molecule has 3 aromatic carbocycles. The van der Waals surface area contributed by atoms with Gasteiger partial charge >= 0.3 is 6.09 Å². The van der Waals surface area contributed by atoms with E-state index in [4.69, 9.17) is 9.47 Å². The number of anilines is 1. The maximum Gasteiger partial charge on any atom is 0.408 e. The molecule has 3 N–H and O–H groups in total. The number of nitrogens with zero attached hydrogens (tertiary/aromatic N) is 3. The third kappa shape index (κ3) is 8.40. The minimum Gasteiger partial charge on any atom is -0.507 e. The average molecular weight is 650 g/mol. The van der Waals surface area contributed by atoms with E-state index < -0.39 is 35.6 Å². The first-order chi connectivity index (χ1) is 22.9. The number of benzene rings is 3. The summed E-state index contributed by atoms with van der Waals surface area (Å²) in [6.07, 6.45) is 1.05. The summed E-state index contributed by atoms with van der Waals surface area (Å²) in [5.41, 5.74) is 3.86. The minimum absolute atomic E-state index is 0.000975. The van der Waals surface area contributed by atoms with Crippen molar-refractivity contribution in [3.63, 3.8) is 0 Å². The Morgan fingerprint density at radius 2 is 1.77 bits per heavy atom. The molecule has 1 aliphatic heterocycles. The second-order valence-corrected chi connectivity index (χ2v) is 12.5. The summed E-state index contributed by atoms with van der Waals surface area (Å²) >= 11 is 0. The number of rotatable bonds is 6. The van der Waals surface area contributed by atoms with Crippen molar-refractivity contribution in [3.8, 4) is 28.8 Å². The quantitative estimate of drug-likeness (QED) is 0.252. The van der Waals surface area contributed by atoms with E-state index in [9.17, 15) is 19.5 Å². The van der Waals surface area contributed by atoms with Crippen molar-refractivity contribution >= 4 is 23.6 Å². The number of morpholine rings is 1. The van der Waals surface area contributed by atoms with Crippen LogP contribution in [0.15, 0.2) is 79.0 Å². The number of phenols is 1. The summed E-state index contributed by atoms with van der Waals surface area (Å²) in [4.78, 5) is 41.6. The zero-order valence-corrected chi connectivity index (χ0v) is 27.6. The summed E-state index contributed by atoms with van der Waals surface area (Å²) in [5, 5.41) is 20.5. The van der Waals surface area contributed by atoms with Gasteiger partial charge in [-0.3, -0.25) is 14.3 Å². The monoisotopic (exact) mass is 649 g/mol. The van der Waals surface area contributed by atoms with Gasteiger partial charge in [-0.15, -0.1) is 0 Å². The zero-order chi connectivity index (χ0) is 34.4. The fraction of sp³-hybridized carbons (Fsp3) is 0.297. The summed E-state index contributed by atoms with van der Waals surface area (Å²) in [7, 11) is 1.80. The van der Waals surface area contributed by atoms with Crippen LogP contribution in [-0.4, -0.2) is 69.1 Å². The number of amides is 3. The molecule has 11 heteroatoms. The molecule has 0 unspecified atom stereocenters. The van der Waals surface area contributed by atoms with Crippen LogP contribution in [0.5, 0.6) is 5.75 Å². The molecule has 248 valence electrons. The topological polar surface area (TPSA) is 135 Å². The number of hydrogen-bond donors (Lipinski definition) is 3. The van der Waals surface area contributed by atoms with Gasteiger partial charge < -0.3 is 30.1 Å². The molecule has 1 saturated heterocycles. The van der Waals surface area contributed by atoms with E-state index in [0.29, 0.717) is 33.6 Å². The average Bonchev–Trinajstić information content (AvgIpc) is 3.43. The van der Waals surface area contributed by atoms with E-state index in [-0.39, 0.29) is 25.5 Å². The number of nitrogens with one attached hydrogen (secondary N) is 2. The van der Waals surface area contributed by atoms with Crippen LogP contribution in [0.25, 0.3) is 11.3 Å². The Morgan fingerprint density at radius 1 is 1.04 bits per heavy atom. The summed E-state index contributed by atoms with van der Waals surface area (Å²) in [6.45, 7) is 7.58. The SMILES string of the molecule is Cc1ccc(O)c(-c2nn(C)cc2C#Cc2ccc(NC(=O)[C@@H]3COCCN3C(=O)[C@H](NC(=O)OC(C)(C)C)c3ccccc3)cc2)c1. The highest BCUT2D eigenvalue weighted by atomic mass is 16.6. The molecule has 4 aromatic rings. The van der Waals surface area contributed by atoms with Gasteiger partial charge in [-0.1, -0.05) is 53.8 Å². The van der Waals surface area contributed by atoms with E-state index >= 15 is 0 Å². The van der Waals surface area contributed by atoms with Crippen molar-refractivity contribution in [1.82, 2.24) is 20.0 Å². The maximum absolute atomic E-state index is 13.9. The smallest absolute Gasteiger partial charge is 0.408 e. The first kappa shape index (κ1) is 33.8. The Bertz CT molecular complexity index is 1850. The summed E-state index contributed by atoms with van der Waals surface area (Å²) in [5.74, 6) is 5.52. The lowest BCUT2D eigenvalue weighted by Crippen LogP contribution is -2.57. The lowest BCUT2D eigenvalue weighted by Gasteiger charge is -2.37. The van der Waals surface area contributed by atoms with Crippen LogP contribution in [0.3, 0.4) is 0 Å². The van der Waals surface area contributed by atoms with E-state index in [1.54, 1.807) is 93.3 Å². The second kappa shape index (κ2) is 14.4. The molecule has 1 aromatic heterocycles. The van der Waals surface area contributed by atoms with Crippen LogP contribution in [0.2, 0.25) is 0 Å². The van der Waals surface area contributed by atoms with E-state index in [1.165, 1.54) is 4.90 Å². The first-order valence-corrected chi connectivity index (χ1v) is 15.6. The molecule has 1 aliphatic rings. The number of carbonyl (C=O) groups is 3. The van der Waals surface area contributed by atoms with Crippen LogP contribution < -0.4 is 10.6 Å². The van der Waals surface area contributed by atoms with Gasteiger partial charge in [0.25, 0.3) is 5.91 Å². The minimum atomic E-state index is -1.07. The molecular formula is C37H39N5O6. The molecule has 0 saturated carbocycles. The van der Waals surface area contributed by atoms with E-state index in [1.807, 2.05) is 25.1 Å². The number of hydrogen-bond acceptors (Lipinski definition) is 7. The van der Waals surface area contributed by atoms with E-state index in [2.05, 4.69) is 27.6 Å². The first-order valence-electron chi connectivity index (χ1n) is 15.6. The third-order valence-electron chi connectivity index (χ3n) is 7.49. The van der Waals surface area contributed by atoms with Gasteiger partial charge in [0.05, 0.1) is 18.8 Å². The molecule has 1 fully saturated rings. The third-order valence-corrected chi connectivity index (χ3v) is 7.49. The van der Waals surface area contributed by atoms with Crippen molar-refractivity contribution in [2.24, 2.45) is 7.05 Å². The lowest BCUT2D eigenvalue weighted by atomic mass is 10.0. The van der Waals surface area contributed by atoms with Crippen molar-refractivity contribution in [2.45, 2.75) is 45.4 Å². The Morgan fingerprint density at radius 3 is 2.48 bits per heavy atom. The number of phenolic OH excluding ortho intramolecular Hbond substituents is 1. The summed E-state index contributed by atoms with van der Waals surface area (Å²) < 4.78 is 12.7. The molecular weight excluding hydrogens is 610 g/mol. The van der Waals surface area contributed by atoms with Crippen LogP contribution in [0, 0.1) is 18.8 Å². The molecule has 0 aliphatic carbocycles. The normalized spacial score (nSPS) is 15.1. The van der Waals surface area contributed by atoms with E-state index in [0.717, 1.165) is 5.56 Å². The van der Waals surface area contributed by atoms with Gasteiger partial charge in [0.15, 0.2) is 0 Å². The highest BCUT2D eigenvalue weighted by Gasteiger charge is 2.38. The number of carbonyl (C=O) groups excluding carboxylic acids is 3. The lowest BCUT2D eigenvalue weighted by molar-refractivity contribution is -0.148. The number of alkyl carbamates (subject to hydrolysis) is 1. The fourth-order valence-electron chi connectivity index (χ4n) is 5.23. The zero-order valence-electron chi connectivity index (χ0n) is 27.6. The molecule has 5 rings (SSSR count). The number of aromatic nitrogens is 2. The molecule has 2 atom stereocenters. The van der Waals surface area contributed by atoms with Gasteiger partial charge in [-0.25, -0.2) is 4.79 Å². The second-order valence-electron chi connectivity index (χ2n) is 12.5. The standard InChI is InChI=1S/C37H39N5O6/c1-24-11-18-31(43)29(21-24)32-27(22-41(5)40-32)15-12-25-13-16-28(17-14-25)38-34(44)30-23-47-20-19-42(30)35(45)33(26-9-7-6-8-10-26)39-36(46)48-37(2,3)4/h6-11,13-14,16-18,21-22,30,33,43H,19-20,23H2,1-5H3,(H,38,44)(H,39,46)/t30-,33+/m0/s1. The van der Waals surface area contributed by atoms with Crippen LogP contribution >= 0.6 is 0 Å². The predicted molar refractivity (Wildman–Crippen MR) is 181 cm³/mol. The van der Waals surface area contributed by atoms with Gasteiger partial charge in [0.1, 0.15) is 29.1 Å². The predicted octanol–water partition coefficient (Wildman–Crippen LogP) is 4.93. The molecule has 11 nitrogen and oxygen atoms in total. The Balaban J connectivity index is 1.30. The van der Waals surface area contributed by atoms with Gasteiger partial charge in [-0.2, -0.15) is 5.10 Å². The van der Waals surface area contributed by atoms with Crippen molar-refractivity contribution in [1.29, 1.82) is 0 Å². The summed E-state index contributed by atoms with van der Waals surface area (Å²) in [6, 6.07) is 19.2. The molecule has 0 radical (unpaired) electrons. The number of aryl methyl sites for hydroxylation is 2. The highest BCUT2D eigenvalue weighted by Crippen LogP contribution is 2.31. The van der Waals surface area contributed by atoms with Gasteiger partial charge in [0, 0.05) is 36.6 Å². The van der Waals surface area contributed by atoms with Crippen molar-refractivity contribution in [3.05, 3.63) is 101 Å². The molecule has 48 heavy (non-hydrogen) atoms. The molecule has 0 spiro atoms. The Hall–Kier alpha value is -5.60. The number of ether oxygens (including phenoxy) is 2. The van der Waals surface area contributed by atoms with Gasteiger partial charge in [-0.05, 0) is 69.7 Å². The number of aromatic hydroxyl groups is 1. The largest absolute Gasteiger partial charge is 0.507 e. The maximum atomic E-state index is 13.9. The Kier molecular flexibility index (Phi) is 10.2. The molecule has 3 amide bonds. The van der Waals surface area contributed by atoms with Gasteiger partial charge in [0.2, 0.25) is 5.91 Å². The van der Waals surface area contributed by atoms with Crippen LogP contribution in [0.4, 0.5) is 10.5 Å². The van der Waals surface area contributed by atoms with Crippen molar-refractivity contribution < 1.29 is 29.0 Å². The molecule has 0 bridgehead atoms. The highest BCUT2D eigenvalue weighted by molar-refractivity contribution is 5.98. The van der Waals surface area contributed by atoms with Crippen molar-refractivity contribution in [2.75, 3.05) is 25.1 Å². The Labute approximate surface area is 279 Å². The fourth-order valence-corrected chi connectivity index (χ4v) is 5.23. The molecule has 2 heterocycles. The van der Waals surface area contributed by atoms with Crippen LogP contribution in [-0.2, 0) is 26.1 Å². The van der Waals surface area contributed by atoms with Crippen LogP contribution in [0.1, 0.15) is 49.1 Å².